The Kier molecular flexibility index (Phi) is 14.6. The summed E-state index contributed by atoms with van der Waals surface area (Å²) in [6, 6.07) is 19.9. The maximum atomic E-state index is 13.7. The maximum Gasteiger partial charge on any atom is 1.00 e. The number of aliphatic hydroxyl groups is 3. The number of allylic oxidation sites excluding steroid dienone is 1. The number of hydrogen-bond acceptors (Lipinski definition) is 10. The van der Waals surface area contributed by atoms with Crippen LogP contribution in [-0.4, -0.2) is 70.5 Å². The Labute approximate surface area is 369 Å². The van der Waals surface area contributed by atoms with Gasteiger partial charge < -0.3 is 45.9 Å². The van der Waals surface area contributed by atoms with Gasteiger partial charge in [0.1, 0.15) is 17.6 Å². The molecule has 10 atom stereocenters. The summed E-state index contributed by atoms with van der Waals surface area (Å²) in [5.41, 5.74) is 15.1. The van der Waals surface area contributed by atoms with E-state index < -0.39 is 45.0 Å². The number of hydrogen-bond donors (Lipinski definition) is 6. The van der Waals surface area contributed by atoms with Gasteiger partial charge in [0.25, 0.3) is 0 Å². The fourth-order valence-corrected chi connectivity index (χ4v) is 11.0. The summed E-state index contributed by atoms with van der Waals surface area (Å²) in [6.45, 7) is 1.49. The average molecular weight is 836 g/mol. The number of nitrogens with two attached hydrogens (primary N) is 2. The van der Waals surface area contributed by atoms with Crippen molar-refractivity contribution in [3.05, 3.63) is 106 Å². The molecule has 3 aromatic rings. The summed E-state index contributed by atoms with van der Waals surface area (Å²) in [5, 5.41) is 39.8. The third-order valence-corrected chi connectivity index (χ3v) is 14.0. The molecule has 0 spiro atoms. The third-order valence-electron chi connectivity index (χ3n) is 12.7. The first kappa shape index (κ1) is 45.1. The normalized spacial score (nSPS) is 29.2. The predicted octanol–water partition coefficient (Wildman–Crippen LogP) is 2.02. The summed E-state index contributed by atoms with van der Waals surface area (Å²) in [5.74, 6) is 4.46. The zero-order valence-corrected chi connectivity index (χ0v) is 36.6. The average Bonchev–Trinajstić information content (AvgIpc) is 3.32. The number of ether oxygens (including phenoxy) is 2. The van der Waals surface area contributed by atoms with Gasteiger partial charge in [-0.3, -0.25) is 0 Å². The molecule has 0 radical (unpaired) electrons. The summed E-state index contributed by atoms with van der Waals surface area (Å²) in [6.07, 6.45) is 4.17. The van der Waals surface area contributed by atoms with Crippen molar-refractivity contribution in [3.8, 4) is 23.3 Å². The minimum Gasteiger partial charge on any atom is -0.748 e. The van der Waals surface area contributed by atoms with Crippen LogP contribution in [0.5, 0.6) is 11.5 Å². The number of aliphatic hydroxyl groups excluding tert-OH is 3. The SMILES string of the molecule is CCC1CC(S(=O)(=O)[O-])C2C=C3CC(CC4CC(CO)CC#Cc5cc(O)ccc5C3O4)C2c2ccc(cc2)C(CC(CO)CCO)(N=C(N)N)Oc2ccc1cc2.[Na+]. The molecule has 310 valence electrons. The summed E-state index contributed by atoms with van der Waals surface area (Å²) in [4.78, 5) is 4.67. The molecule has 12 nitrogen and oxygen atoms in total. The number of aliphatic imine (C=N–C) groups is 1. The monoisotopic (exact) mass is 835 g/mol. The first-order valence-electron chi connectivity index (χ1n) is 20.3. The second-order valence-electron chi connectivity index (χ2n) is 16.5. The van der Waals surface area contributed by atoms with Gasteiger partial charge in [-0.15, -0.1) is 0 Å². The molecular formula is C45H54N3NaO9S. The Morgan fingerprint density at radius 2 is 1.75 bits per heavy atom. The minimum absolute atomic E-state index is 0. The van der Waals surface area contributed by atoms with Crippen LogP contribution in [0.3, 0.4) is 0 Å². The Bertz CT molecular complexity index is 2170. The number of phenols is 1. The van der Waals surface area contributed by atoms with Gasteiger partial charge in [-0.1, -0.05) is 67.3 Å². The summed E-state index contributed by atoms with van der Waals surface area (Å²) in [7, 11) is -4.88. The first-order chi connectivity index (χ1) is 27.8. The van der Waals surface area contributed by atoms with E-state index in [1.807, 2.05) is 49.4 Å². The van der Waals surface area contributed by atoms with Crippen LogP contribution in [0.15, 0.2) is 83.4 Å². The van der Waals surface area contributed by atoms with Crippen molar-refractivity contribution in [2.45, 2.75) is 93.3 Å². The molecule has 6 aliphatic heterocycles. The molecule has 8 N–H and O–H groups in total. The summed E-state index contributed by atoms with van der Waals surface area (Å²) < 4.78 is 55.0. The van der Waals surface area contributed by atoms with Crippen LogP contribution in [0.1, 0.15) is 104 Å². The molecule has 0 amide bonds. The van der Waals surface area contributed by atoms with Crippen molar-refractivity contribution in [2.75, 3.05) is 19.8 Å². The molecule has 14 heteroatoms. The molecule has 8 bridgehead atoms. The Hall–Kier alpha value is -3.42. The van der Waals surface area contributed by atoms with Crippen LogP contribution in [0.4, 0.5) is 0 Å². The molecule has 6 heterocycles. The van der Waals surface area contributed by atoms with Gasteiger partial charge in [-0.25, -0.2) is 13.4 Å². The zero-order valence-electron chi connectivity index (χ0n) is 33.7. The van der Waals surface area contributed by atoms with Gasteiger partial charge in [-0.05, 0) is 115 Å². The van der Waals surface area contributed by atoms with Crippen LogP contribution in [0.2, 0.25) is 0 Å². The zero-order chi connectivity index (χ0) is 41.2. The Morgan fingerprint density at radius 3 is 2.39 bits per heavy atom. The first-order valence-corrected chi connectivity index (χ1v) is 21.8. The molecule has 7 aliphatic rings. The van der Waals surface area contributed by atoms with Crippen molar-refractivity contribution in [3.63, 3.8) is 0 Å². The van der Waals surface area contributed by atoms with Crippen molar-refractivity contribution in [2.24, 2.45) is 40.1 Å². The number of rotatable bonds is 9. The van der Waals surface area contributed by atoms with Crippen molar-refractivity contribution in [1.29, 1.82) is 0 Å². The minimum atomic E-state index is -4.88. The largest absolute Gasteiger partial charge is 1.00 e. The molecular weight excluding hydrogens is 782 g/mol. The molecule has 1 fully saturated rings. The van der Waals surface area contributed by atoms with Crippen molar-refractivity contribution < 1.29 is 72.4 Å². The molecule has 0 aromatic heterocycles. The van der Waals surface area contributed by atoms with Crippen LogP contribution in [-0.2, 0) is 20.6 Å². The molecule has 0 saturated carbocycles. The number of phenolic OH excluding ortho intramolecular Hbond substituents is 1. The number of guanidine groups is 1. The quantitative estimate of drug-likeness (QED) is 0.0458. The van der Waals surface area contributed by atoms with Crippen LogP contribution >= 0.6 is 0 Å². The fraction of sp³-hybridized carbons (Fsp3) is 0.489. The molecule has 59 heavy (non-hydrogen) atoms. The second-order valence-corrected chi connectivity index (χ2v) is 18.1. The fourth-order valence-electron chi connectivity index (χ4n) is 9.93. The second kappa shape index (κ2) is 19.1. The van der Waals surface area contributed by atoms with Gasteiger partial charge in [0, 0.05) is 49.4 Å². The van der Waals surface area contributed by atoms with E-state index in [-0.39, 0.29) is 104 Å². The van der Waals surface area contributed by atoms with E-state index in [0.717, 1.165) is 22.3 Å². The molecule has 1 saturated heterocycles. The van der Waals surface area contributed by atoms with E-state index in [0.29, 0.717) is 49.0 Å². The van der Waals surface area contributed by atoms with Crippen molar-refractivity contribution in [1.82, 2.24) is 0 Å². The molecule has 10 rings (SSSR count). The topological polar surface area (TPSA) is 221 Å². The molecule has 1 aliphatic carbocycles. The predicted molar refractivity (Wildman–Crippen MR) is 218 cm³/mol. The van der Waals surface area contributed by atoms with E-state index in [1.165, 1.54) is 0 Å². The molecule has 10 unspecified atom stereocenters. The Morgan fingerprint density at radius 1 is 1.02 bits per heavy atom. The van der Waals surface area contributed by atoms with Gasteiger partial charge >= 0.3 is 29.6 Å². The smallest absolute Gasteiger partial charge is 0.748 e. The third kappa shape index (κ3) is 9.88. The number of aromatic hydroxyl groups is 1. The van der Waals surface area contributed by atoms with E-state index in [1.54, 1.807) is 30.3 Å². The van der Waals surface area contributed by atoms with E-state index >= 15 is 0 Å². The molecule has 3 aromatic carbocycles. The van der Waals surface area contributed by atoms with Crippen LogP contribution < -0.4 is 45.8 Å². The van der Waals surface area contributed by atoms with E-state index in [2.05, 4.69) is 16.8 Å². The van der Waals surface area contributed by atoms with Crippen LogP contribution in [0.25, 0.3) is 0 Å². The number of fused-ring (bicyclic) bond motifs is 7. The maximum absolute atomic E-state index is 13.7. The number of nitrogens with zero attached hydrogens (tertiary/aromatic N) is 1. The standard InChI is InChI=1S/C45H55N3O9S.Na/c1-2-29-23-41(58(53,54)55)40-22-34-19-33(21-38-18-27(25-50)4-3-5-32-20-36(52)12-15-39(32)43(34)56-38)42(40)31-6-10-35(11-7-31)45(48-44(46)47,24-28(26-51)16-17-49)57-37-13-8-30(29)9-14-37;/h6-15,20,22,27-29,33,38,40-43,49-52H,2,4,16-19,21,23-26H2,1H3,(H4,46,47,48)(H,53,54,55);/q;+1/p-1. The summed E-state index contributed by atoms with van der Waals surface area (Å²) >= 11 is 0. The van der Waals surface area contributed by atoms with Crippen molar-refractivity contribution >= 4 is 16.1 Å². The van der Waals surface area contributed by atoms with E-state index in [4.69, 9.17) is 20.9 Å². The van der Waals surface area contributed by atoms with Gasteiger partial charge in [0.2, 0.25) is 5.72 Å². The van der Waals surface area contributed by atoms with Gasteiger partial charge in [0.15, 0.2) is 5.96 Å². The van der Waals surface area contributed by atoms with Crippen LogP contribution in [0, 0.1) is 35.5 Å². The van der Waals surface area contributed by atoms with E-state index in [9.17, 15) is 33.4 Å². The van der Waals surface area contributed by atoms with Gasteiger partial charge in [-0.2, -0.15) is 0 Å². The Balaban J connectivity index is 0.00000585. The van der Waals surface area contributed by atoms with Gasteiger partial charge in [0.05, 0.1) is 21.5 Å². The number of benzene rings is 3.